The van der Waals surface area contributed by atoms with Crippen LogP contribution in [-0.2, 0) is 16.0 Å². The van der Waals surface area contributed by atoms with Gasteiger partial charge in [0.05, 0.1) is 12.1 Å². The molecule has 17 heavy (non-hydrogen) atoms. The predicted molar refractivity (Wildman–Crippen MR) is 66.8 cm³/mol. The zero-order valence-electron chi connectivity index (χ0n) is 9.65. The van der Waals surface area contributed by atoms with Crippen molar-refractivity contribution in [2.75, 3.05) is 25.5 Å². The topological polar surface area (TPSA) is 77.2 Å². The van der Waals surface area contributed by atoms with Crippen molar-refractivity contribution in [1.29, 1.82) is 0 Å². The maximum Gasteiger partial charge on any atom is 0.226 e. The number of nitrogens with one attached hydrogen (secondary N) is 1. The second-order valence-corrected chi connectivity index (χ2v) is 5.10. The number of nitrogens with zero attached hydrogens (tertiary/aromatic N) is 1. The predicted octanol–water partition coefficient (Wildman–Crippen LogP) is 0.811. The summed E-state index contributed by atoms with van der Waals surface area (Å²) in [6, 6.07) is 0. The highest BCUT2D eigenvalue weighted by atomic mass is 32.1. The van der Waals surface area contributed by atoms with Gasteiger partial charge >= 0.3 is 0 Å². The van der Waals surface area contributed by atoms with Gasteiger partial charge in [0.2, 0.25) is 5.91 Å². The fourth-order valence-electron chi connectivity index (χ4n) is 1.84. The number of carbonyl (C=O) groups excluding carboxylic acids is 1. The first-order chi connectivity index (χ1) is 8.24. The Balaban J connectivity index is 1.70. The lowest BCUT2D eigenvalue weighted by Gasteiger charge is -2.22. The van der Waals surface area contributed by atoms with E-state index in [0.717, 1.165) is 38.3 Å². The van der Waals surface area contributed by atoms with Crippen molar-refractivity contribution in [3.63, 3.8) is 0 Å². The Bertz CT molecular complexity index is 375. The molecule has 1 aromatic rings. The van der Waals surface area contributed by atoms with E-state index in [1.54, 1.807) is 0 Å². The van der Waals surface area contributed by atoms with Gasteiger partial charge in [-0.05, 0) is 18.8 Å². The van der Waals surface area contributed by atoms with E-state index in [1.165, 1.54) is 11.3 Å². The van der Waals surface area contributed by atoms with E-state index in [1.807, 2.05) is 5.38 Å². The second-order valence-electron chi connectivity index (χ2n) is 4.21. The Labute approximate surface area is 104 Å². The Kier molecular flexibility index (Phi) is 4.33. The summed E-state index contributed by atoms with van der Waals surface area (Å²) in [4.78, 5) is 15.7. The monoisotopic (exact) mass is 255 g/mol. The van der Waals surface area contributed by atoms with Crippen molar-refractivity contribution in [3.05, 3.63) is 11.1 Å². The summed E-state index contributed by atoms with van der Waals surface area (Å²) in [5.74, 6) is 0.565. The number of ether oxygens (including phenoxy) is 1. The van der Waals surface area contributed by atoms with Crippen LogP contribution in [0.15, 0.2) is 5.38 Å². The molecular weight excluding hydrogens is 238 g/mol. The molecule has 2 rings (SSSR count). The quantitative estimate of drug-likeness (QED) is 0.834. The van der Waals surface area contributed by atoms with Crippen molar-refractivity contribution in [3.8, 4) is 0 Å². The highest BCUT2D eigenvalue weighted by Crippen LogP contribution is 2.14. The number of anilines is 1. The number of nitrogens with two attached hydrogens (primary N) is 1. The lowest BCUT2D eigenvalue weighted by Crippen LogP contribution is -2.33. The summed E-state index contributed by atoms with van der Waals surface area (Å²) in [5.41, 5.74) is 6.25. The van der Waals surface area contributed by atoms with E-state index in [2.05, 4.69) is 10.3 Å². The Hall–Kier alpha value is -1.14. The highest BCUT2D eigenvalue weighted by molar-refractivity contribution is 7.13. The lowest BCUT2D eigenvalue weighted by atomic mass is 10.0. The number of amides is 1. The van der Waals surface area contributed by atoms with Crippen molar-refractivity contribution in [1.82, 2.24) is 10.3 Å². The van der Waals surface area contributed by atoms with Gasteiger partial charge in [-0.2, -0.15) is 0 Å². The van der Waals surface area contributed by atoms with Gasteiger partial charge in [-0.3, -0.25) is 4.79 Å². The molecule has 94 valence electrons. The number of carbonyl (C=O) groups is 1. The van der Waals surface area contributed by atoms with Crippen LogP contribution < -0.4 is 11.1 Å². The molecule has 1 amide bonds. The highest BCUT2D eigenvalue weighted by Gasteiger charge is 2.15. The number of hydrogen-bond acceptors (Lipinski definition) is 5. The number of nitrogen functional groups attached to an aromatic ring is 1. The minimum atomic E-state index is 0.0155. The maximum absolute atomic E-state index is 11.6. The van der Waals surface area contributed by atoms with E-state index in [0.29, 0.717) is 17.5 Å². The van der Waals surface area contributed by atoms with Crippen LogP contribution in [0, 0.1) is 5.92 Å². The van der Waals surface area contributed by atoms with Gasteiger partial charge in [0.25, 0.3) is 0 Å². The van der Waals surface area contributed by atoms with E-state index < -0.39 is 0 Å². The van der Waals surface area contributed by atoms with Crippen LogP contribution in [0.4, 0.5) is 5.13 Å². The summed E-state index contributed by atoms with van der Waals surface area (Å²) in [6.45, 7) is 2.36. The molecule has 0 radical (unpaired) electrons. The van der Waals surface area contributed by atoms with Crippen molar-refractivity contribution in [2.24, 2.45) is 5.92 Å². The summed E-state index contributed by atoms with van der Waals surface area (Å²) >= 11 is 1.36. The number of rotatable bonds is 4. The van der Waals surface area contributed by atoms with Gasteiger partial charge in [-0.15, -0.1) is 11.3 Å². The van der Waals surface area contributed by atoms with Crippen molar-refractivity contribution < 1.29 is 9.53 Å². The van der Waals surface area contributed by atoms with Crippen LogP contribution in [0.3, 0.4) is 0 Å². The molecule has 2 heterocycles. The van der Waals surface area contributed by atoms with Gasteiger partial charge in [0, 0.05) is 25.1 Å². The van der Waals surface area contributed by atoms with Gasteiger partial charge in [-0.1, -0.05) is 0 Å². The summed E-state index contributed by atoms with van der Waals surface area (Å²) in [7, 11) is 0. The lowest BCUT2D eigenvalue weighted by molar-refractivity contribution is -0.120. The van der Waals surface area contributed by atoms with Crippen molar-refractivity contribution >= 4 is 22.4 Å². The van der Waals surface area contributed by atoms with Crippen molar-refractivity contribution in [2.45, 2.75) is 19.3 Å². The SMILES string of the molecule is Nc1nc(CC(=O)NCC2CCOCC2)cs1. The average molecular weight is 255 g/mol. The Morgan fingerprint density at radius 1 is 1.59 bits per heavy atom. The fraction of sp³-hybridized carbons (Fsp3) is 0.636. The normalized spacial score (nSPS) is 16.9. The minimum absolute atomic E-state index is 0.0155. The van der Waals surface area contributed by atoms with Crippen LogP contribution in [0.25, 0.3) is 0 Å². The molecule has 5 nitrogen and oxygen atoms in total. The zero-order valence-corrected chi connectivity index (χ0v) is 10.5. The largest absolute Gasteiger partial charge is 0.381 e. The molecule has 0 saturated carbocycles. The molecule has 1 fully saturated rings. The summed E-state index contributed by atoms with van der Waals surface area (Å²) < 4.78 is 5.27. The third kappa shape index (κ3) is 3.98. The molecule has 3 N–H and O–H groups in total. The fourth-order valence-corrected chi connectivity index (χ4v) is 2.40. The van der Waals surface area contributed by atoms with E-state index >= 15 is 0 Å². The molecule has 0 unspecified atom stereocenters. The van der Waals surface area contributed by atoms with Gasteiger partial charge in [0.1, 0.15) is 0 Å². The number of hydrogen-bond donors (Lipinski definition) is 2. The Morgan fingerprint density at radius 3 is 3.00 bits per heavy atom. The first kappa shape index (κ1) is 12.3. The average Bonchev–Trinajstić information content (AvgIpc) is 2.73. The van der Waals surface area contributed by atoms with E-state index in [4.69, 9.17) is 10.5 Å². The molecule has 0 atom stereocenters. The molecule has 0 spiro atoms. The number of aromatic nitrogens is 1. The van der Waals surface area contributed by atoms with Crippen LogP contribution in [0.5, 0.6) is 0 Å². The third-order valence-electron chi connectivity index (χ3n) is 2.84. The molecule has 0 bridgehead atoms. The molecule has 1 aliphatic heterocycles. The molecule has 1 aromatic heterocycles. The summed E-state index contributed by atoms with van der Waals surface area (Å²) in [6.07, 6.45) is 2.38. The van der Waals surface area contributed by atoms with Gasteiger partial charge in [0.15, 0.2) is 5.13 Å². The molecule has 6 heteroatoms. The summed E-state index contributed by atoms with van der Waals surface area (Å²) in [5, 5.41) is 5.27. The van der Waals surface area contributed by atoms with E-state index in [-0.39, 0.29) is 5.91 Å². The minimum Gasteiger partial charge on any atom is -0.381 e. The van der Waals surface area contributed by atoms with Crippen LogP contribution in [0.2, 0.25) is 0 Å². The first-order valence-electron chi connectivity index (χ1n) is 5.78. The van der Waals surface area contributed by atoms with E-state index in [9.17, 15) is 4.79 Å². The molecule has 1 aliphatic rings. The maximum atomic E-state index is 11.6. The van der Waals surface area contributed by atoms with Crippen LogP contribution in [0.1, 0.15) is 18.5 Å². The van der Waals surface area contributed by atoms with Gasteiger partial charge < -0.3 is 15.8 Å². The Morgan fingerprint density at radius 2 is 2.35 bits per heavy atom. The third-order valence-corrected chi connectivity index (χ3v) is 3.56. The molecule has 0 aliphatic carbocycles. The first-order valence-corrected chi connectivity index (χ1v) is 6.66. The second kappa shape index (κ2) is 5.97. The molecule has 0 aromatic carbocycles. The molecular formula is C11H17N3O2S. The van der Waals surface area contributed by atoms with Crippen LogP contribution >= 0.6 is 11.3 Å². The van der Waals surface area contributed by atoms with Crippen LogP contribution in [-0.4, -0.2) is 30.6 Å². The van der Waals surface area contributed by atoms with Gasteiger partial charge in [-0.25, -0.2) is 4.98 Å². The number of thiazole rings is 1. The standard InChI is InChI=1S/C11H17N3O2S/c12-11-14-9(7-17-11)5-10(15)13-6-8-1-3-16-4-2-8/h7-8H,1-6H2,(H2,12,14)(H,13,15). The smallest absolute Gasteiger partial charge is 0.226 e. The zero-order chi connectivity index (χ0) is 12.1. The molecule has 1 saturated heterocycles.